The molecule has 2 aromatic rings. The molecule has 8 heteroatoms. The summed E-state index contributed by atoms with van der Waals surface area (Å²) in [6.45, 7) is 5.30. The van der Waals surface area contributed by atoms with Gasteiger partial charge >= 0.3 is 0 Å². The third-order valence-corrected chi connectivity index (χ3v) is 3.09. The van der Waals surface area contributed by atoms with Gasteiger partial charge in [-0.25, -0.2) is 9.97 Å². The van der Waals surface area contributed by atoms with Crippen molar-refractivity contribution in [2.45, 2.75) is 26.1 Å². The molecule has 7 nitrogen and oxygen atoms in total. The zero-order valence-corrected chi connectivity index (χ0v) is 12.9. The summed E-state index contributed by atoms with van der Waals surface area (Å²) in [6.07, 6.45) is 1.53. The van der Waals surface area contributed by atoms with Crippen LogP contribution in [-0.4, -0.2) is 25.8 Å². The second-order valence-electron chi connectivity index (χ2n) is 5.29. The molecule has 2 aromatic heterocycles. The first-order valence-electron chi connectivity index (χ1n) is 5.94. The number of hydrogen-bond acceptors (Lipinski definition) is 5. The summed E-state index contributed by atoms with van der Waals surface area (Å²) in [5.74, 6) is -0.173. The number of nitrogens with one attached hydrogen (secondary N) is 2. The zero-order chi connectivity index (χ0) is 14.9. The van der Waals surface area contributed by atoms with Gasteiger partial charge in [0.25, 0.3) is 5.56 Å². The highest BCUT2D eigenvalue weighted by Crippen LogP contribution is 2.15. The fraction of sp³-hybridized carbons (Fsp3) is 0.417. The summed E-state index contributed by atoms with van der Waals surface area (Å²) >= 11 is 3.24. The van der Waals surface area contributed by atoms with Crippen LogP contribution in [0.4, 0.5) is 5.95 Å². The number of nitrogens with zero attached hydrogens (tertiary/aromatic N) is 3. The van der Waals surface area contributed by atoms with Gasteiger partial charge < -0.3 is 0 Å². The third-order valence-electron chi connectivity index (χ3n) is 2.52. The van der Waals surface area contributed by atoms with E-state index in [0.717, 1.165) is 0 Å². The Hall–Kier alpha value is -1.83. The maximum absolute atomic E-state index is 11.9. The topological polar surface area (TPSA) is 101 Å². The molecule has 0 aromatic carbocycles. The van der Waals surface area contributed by atoms with E-state index < -0.39 is 11.0 Å². The number of H-pyrrole nitrogens is 1. The largest absolute Gasteiger partial charge is 0.296 e. The molecule has 0 saturated heterocycles. The number of rotatable bonds is 2. The summed E-state index contributed by atoms with van der Waals surface area (Å²) in [4.78, 5) is 38.6. The number of alkyl halides is 1. The van der Waals surface area contributed by atoms with Crippen LogP contribution in [0.5, 0.6) is 0 Å². The molecule has 2 N–H and O–H groups in total. The Kier molecular flexibility index (Phi) is 3.85. The molecule has 0 spiro atoms. The van der Waals surface area contributed by atoms with E-state index in [1.165, 1.54) is 6.20 Å². The second-order valence-corrected chi connectivity index (χ2v) is 5.85. The minimum atomic E-state index is -0.584. The minimum absolute atomic E-state index is 0.0725. The molecule has 0 unspecified atom stereocenters. The molecule has 0 saturated carbocycles. The number of aromatic nitrogens is 4. The Morgan fingerprint density at radius 1 is 1.40 bits per heavy atom. The zero-order valence-electron chi connectivity index (χ0n) is 11.3. The van der Waals surface area contributed by atoms with E-state index in [0.29, 0.717) is 11.0 Å². The molecule has 0 fully saturated rings. The SMILES string of the molecule is CC(C)(C)C(=O)Nc1nc2ncc(CBr)nc2c(=O)[nH]1. The van der Waals surface area contributed by atoms with Crippen molar-refractivity contribution in [1.82, 2.24) is 19.9 Å². The summed E-state index contributed by atoms with van der Waals surface area (Å²) in [5, 5.41) is 3.06. The number of amides is 1. The molecule has 0 aliphatic heterocycles. The fourth-order valence-corrected chi connectivity index (χ4v) is 1.64. The Balaban J connectivity index is 2.44. The molecule has 0 radical (unpaired) electrons. The minimum Gasteiger partial charge on any atom is -0.296 e. The molecule has 2 heterocycles. The molecule has 0 aliphatic carbocycles. The van der Waals surface area contributed by atoms with E-state index in [1.54, 1.807) is 20.8 Å². The van der Waals surface area contributed by atoms with Crippen molar-refractivity contribution in [2.75, 3.05) is 5.32 Å². The third kappa shape index (κ3) is 3.01. The van der Waals surface area contributed by atoms with E-state index in [-0.39, 0.29) is 23.0 Å². The van der Waals surface area contributed by atoms with E-state index >= 15 is 0 Å². The number of carbonyl (C=O) groups is 1. The Labute approximate surface area is 123 Å². The quantitative estimate of drug-likeness (QED) is 0.809. The molecule has 0 bridgehead atoms. The molecule has 106 valence electrons. The maximum Gasteiger partial charge on any atom is 0.280 e. The number of fused-ring (bicyclic) bond motifs is 1. The lowest BCUT2D eigenvalue weighted by atomic mass is 9.96. The van der Waals surface area contributed by atoms with Crippen LogP contribution >= 0.6 is 15.9 Å². The van der Waals surface area contributed by atoms with Crippen LogP contribution in [0, 0.1) is 5.41 Å². The average molecular weight is 340 g/mol. The lowest BCUT2D eigenvalue weighted by Gasteiger charge is -2.16. The summed E-state index contributed by atoms with van der Waals surface area (Å²) in [5.41, 5.74) is -0.0388. The van der Waals surface area contributed by atoms with E-state index in [4.69, 9.17) is 0 Å². The number of carbonyl (C=O) groups excluding carboxylic acids is 1. The smallest absolute Gasteiger partial charge is 0.280 e. The van der Waals surface area contributed by atoms with Gasteiger partial charge in [-0.15, -0.1) is 0 Å². The van der Waals surface area contributed by atoms with Crippen LogP contribution in [-0.2, 0) is 10.1 Å². The Morgan fingerprint density at radius 2 is 2.10 bits per heavy atom. The van der Waals surface area contributed by atoms with Gasteiger partial charge in [-0.1, -0.05) is 36.7 Å². The molecule has 2 rings (SSSR count). The van der Waals surface area contributed by atoms with E-state index in [9.17, 15) is 9.59 Å². The monoisotopic (exact) mass is 339 g/mol. The summed E-state index contributed by atoms with van der Waals surface area (Å²) < 4.78 is 0. The highest BCUT2D eigenvalue weighted by molar-refractivity contribution is 9.08. The number of aromatic amines is 1. The van der Waals surface area contributed by atoms with Gasteiger partial charge in [0.1, 0.15) is 0 Å². The first-order valence-corrected chi connectivity index (χ1v) is 7.07. The summed E-state index contributed by atoms with van der Waals surface area (Å²) in [7, 11) is 0. The van der Waals surface area contributed by atoms with Crippen molar-refractivity contribution in [2.24, 2.45) is 5.41 Å². The molecule has 0 atom stereocenters. The van der Waals surface area contributed by atoms with Gasteiger partial charge in [0.2, 0.25) is 11.9 Å². The van der Waals surface area contributed by atoms with Gasteiger partial charge in [0.15, 0.2) is 11.2 Å². The van der Waals surface area contributed by atoms with Crippen LogP contribution in [0.3, 0.4) is 0 Å². The average Bonchev–Trinajstić information content (AvgIpc) is 2.37. The molecular weight excluding hydrogens is 326 g/mol. The second kappa shape index (κ2) is 5.28. The van der Waals surface area contributed by atoms with Gasteiger partial charge in [0.05, 0.1) is 11.9 Å². The van der Waals surface area contributed by atoms with Crippen molar-refractivity contribution in [3.05, 3.63) is 22.2 Å². The van der Waals surface area contributed by atoms with Gasteiger partial charge in [-0.2, -0.15) is 4.98 Å². The van der Waals surface area contributed by atoms with Crippen LogP contribution in [0.1, 0.15) is 26.5 Å². The van der Waals surface area contributed by atoms with Crippen LogP contribution in [0.2, 0.25) is 0 Å². The summed E-state index contributed by atoms with van der Waals surface area (Å²) in [6, 6.07) is 0. The van der Waals surface area contributed by atoms with Gasteiger partial charge in [0, 0.05) is 10.7 Å². The standard InChI is InChI=1S/C12H14BrN5O2/c1-12(2,3)10(20)18-11-16-8-7(9(19)17-11)15-6(4-13)5-14-8/h5H,4H2,1-3H3,(H2,14,16,17,18,19,20). The number of halogens is 1. The van der Waals surface area contributed by atoms with Crippen LogP contribution in [0.25, 0.3) is 11.2 Å². The van der Waals surface area contributed by atoms with Gasteiger partial charge in [-0.3, -0.25) is 19.9 Å². The van der Waals surface area contributed by atoms with E-state index in [2.05, 4.69) is 41.2 Å². The predicted octanol–water partition coefficient (Wildman–Crippen LogP) is 1.59. The van der Waals surface area contributed by atoms with Crippen molar-refractivity contribution >= 4 is 38.9 Å². The Morgan fingerprint density at radius 3 is 2.70 bits per heavy atom. The van der Waals surface area contributed by atoms with Crippen molar-refractivity contribution in [3.63, 3.8) is 0 Å². The highest BCUT2D eigenvalue weighted by Gasteiger charge is 2.22. The normalized spacial score (nSPS) is 11.6. The molecule has 1 amide bonds. The lowest BCUT2D eigenvalue weighted by molar-refractivity contribution is -0.123. The fourth-order valence-electron chi connectivity index (χ4n) is 1.37. The van der Waals surface area contributed by atoms with Gasteiger partial charge in [-0.05, 0) is 0 Å². The van der Waals surface area contributed by atoms with E-state index in [1.807, 2.05) is 0 Å². The highest BCUT2D eigenvalue weighted by atomic mass is 79.9. The maximum atomic E-state index is 11.9. The number of hydrogen-bond donors (Lipinski definition) is 2. The molecular formula is C12H14BrN5O2. The molecule has 0 aliphatic rings. The van der Waals surface area contributed by atoms with Crippen molar-refractivity contribution in [3.8, 4) is 0 Å². The molecule has 20 heavy (non-hydrogen) atoms. The lowest BCUT2D eigenvalue weighted by Crippen LogP contribution is -2.29. The first-order chi connectivity index (χ1) is 9.31. The number of anilines is 1. The van der Waals surface area contributed by atoms with Crippen molar-refractivity contribution in [1.29, 1.82) is 0 Å². The van der Waals surface area contributed by atoms with Crippen molar-refractivity contribution < 1.29 is 4.79 Å². The van der Waals surface area contributed by atoms with Crippen LogP contribution in [0.15, 0.2) is 11.0 Å². The predicted molar refractivity (Wildman–Crippen MR) is 78.7 cm³/mol. The van der Waals surface area contributed by atoms with Crippen LogP contribution < -0.4 is 10.9 Å². The first kappa shape index (κ1) is 14.6. The Bertz CT molecular complexity index is 720.